The lowest BCUT2D eigenvalue weighted by Gasteiger charge is -2.08. The Labute approximate surface area is 124 Å². The van der Waals surface area contributed by atoms with Gasteiger partial charge in [0.1, 0.15) is 6.26 Å². The molecule has 0 bridgehead atoms. The number of oxazole rings is 1. The van der Waals surface area contributed by atoms with Crippen LogP contribution in [0.15, 0.2) is 63.8 Å². The fourth-order valence-corrected chi connectivity index (χ4v) is 2.36. The fourth-order valence-electron chi connectivity index (χ4n) is 1.93. The molecule has 3 rings (SSSR count). The largest absolute Gasteiger partial charge is 0.445 e. The van der Waals surface area contributed by atoms with E-state index >= 15 is 0 Å². The van der Waals surface area contributed by atoms with Crippen molar-refractivity contribution in [2.45, 2.75) is 0 Å². The highest BCUT2D eigenvalue weighted by atomic mass is 79.9. The summed E-state index contributed by atoms with van der Waals surface area (Å²) in [4.78, 5) is 4.20. The number of hydrogen-bond donors (Lipinski definition) is 0. The van der Waals surface area contributed by atoms with E-state index in [4.69, 9.17) is 16.0 Å². The van der Waals surface area contributed by atoms with E-state index in [0.29, 0.717) is 10.9 Å². The first-order valence-electron chi connectivity index (χ1n) is 5.69. The van der Waals surface area contributed by atoms with E-state index in [9.17, 15) is 0 Å². The van der Waals surface area contributed by atoms with E-state index in [1.807, 2.05) is 42.5 Å². The predicted octanol–water partition coefficient (Wildman–Crippen LogP) is 5.42. The van der Waals surface area contributed by atoms with Gasteiger partial charge in [0.15, 0.2) is 0 Å². The lowest BCUT2D eigenvalue weighted by atomic mass is 10.00. The van der Waals surface area contributed by atoms with Crippen LogP contribution in [-0.4, -0.2) is 4.98 Å². The molecule has 0 N–H and O–H groups in total. The number of benzene rings is 2. The van der Waals surface area contributed by atoms with Gasteiger partial charge < -0.3 is 4.42 Å². The summed E-state index contributed by atoms with van der Waals surface area (Å²) in [6, 6.07) is 13.7. The summed E-state index contributed by atoms with van der Waals surface area (Å²) in [5, 5.41) is 0.688. The van der Waals surface area contributed by atoms with Crippen LogP contribution in [0.2, 0.25) is 5.02 Å². The molecule has 0 amide bonds. The number of halogens is 2. The van der Waals surface area contributed by atoms with Gasteiger partial charge in [0.25, 0.3) is 0 Å². The van der Waals surface area contributed by atoms with Gasteiger partial charge in [0, 0.05) is 15.1 Å². The van der Waals surface area contributed by atoms with Crippen LogP contribution in [0.3, 0.4) is 0 Å². The van der Waals surface area contributed by atoms with Crippen molar-refractivity contribution in [3.05, 3.63) is 64.4 Å². The van der Waals surface area contributed by atoms with Crippen LogP contribution < -0.4 is 0 Å². The minimum Gasteiger partial charge on any atom is -0.445 e. The van der Waals surface area contributed by atoms with E-state index < -0.39 is 0 Å². The molecule has 0 atom stereocenters. The molecule has 2 aromatic carbocycles. The van der Waals surface area contributed by atoms with Crippen LogP contribution in [0.5, 0.6) is 0 Å². The first-order chi connectivity index (χ1) is 9.24. The molecule has 94 valence electrons. The first-order valence-corrected chi connectivity index (χ1v) is 6.86. The molecule has 0 aliphatic carbocycles. The summed E-state index contributed by atoms with van der Waals surface area (Å²) in [6.07, 6.45) is 3.20. The van der Waals surface area contributed by atoms with Crippen molar-refractivity contribution < 1.29 is 4.42 Å². The zero-order valence-electron chi connectivity index (χ0n) is 9.81. The third-order valence-corrected chi connectivity index (χ3v) is 3.56. The minimum atomic E-state index is 0.592. The molecule has 0 aliphatic rings. The molecule has 1 aromatic heterocycles. The molecular formula is C15H9BrClNO. The van der Waals surface area contributed by atoms with E-state index in [0.717, 1.165) is 21.2 Å². The van der Waals surface area contributed by atoms with Crippen molar-refractivity contribution in [1.82, 2.24) is 4.98 Å². The number of nitrogens with zero attached hydrogens (tertiary/aromatic N) is 1. The summed E-state index contributed by atoms with van der Waals surface area (Å²) in [6.45, 7) is 0. The Morgan fingerprint density at radius 1 is 1.00 bits per heavy atom. The Morgan fingerprint density at radius 2 is 1.79 bits per heavy atom. The maximum Gasteiger partial charge on any atom is 0.226 e. The molecule has 0 saturated heterocycles. The van der Waals surface area contributed by atoms with Crippen LogP contribution in [0.1, 0.15) is 0 Å². The minimum absolute atomic E-state index is 0.592. The van der Waals surface area contributed by atoms with Gasteiger partial charge in [0.05, 0.1) is 6.20 Å². The summed E-state index contributed by atoms with van der Waals surface area (Å²) in [5.41, 5.74) is 3.00. The van der Waals surface area contributed by atoms with Gasteiger partial charge in [-0.15, -0.1) is 0 Å². The second kappa shape index (κ2) is 5.19. The molecule has 2 nitrogen and oxygen atoms in total. The van der Waals surface area contributed by atoms with Crippen molar-refractivity contribution in [3.63, 3.8) is 0 Å². The van der Waals surface area contributed by atoms with Crippen LogP contribution in [0, 0.1) is 0 Å². The van der Waals surface area contributed by atoms with Crippen LogP contribution in [-0.2, 0) is 0 Å². The maximum absolute atomic E-state index is 6.10. The van der Waals surface area contributed by atoms with Gasteiger partial charge in [-0.25, -0.2) is 4.98 Å². The lowest BCUT2D eigenvalue weighted by Crippen LogP contribution is -1.85. The Hall–Kier alpha value is -1.58. The second-order valence-corrected chi connectivity index (χ2v) is 5.39. The second-order valence-electron chi connectivity index (χ2n) is 4.03. The third kappa shape index (κ3) is 2.57. The number of rotatable bonds is 2. The highest BCUT2D eigenvalue weighted by Gasteiger charge is 2.11. The SMILES string of the molecule is Clc1ccc(-c2ncco2)c(-c2ccc(Br)cc2)c1. The Balaban J connectivity index is 2.19. The molecule has 0 aliphatic heterocycles. The number of hydrogen-bond acceptors (Lipinski definition) is 2. The quantitative estimate of drug-likeness (QED) is 0.625. The lowest BCUT2D eigenvalue weighted by molar-refractivity contribution is 0.575. The van der Waals surface area contributed by atoms with Crippen LogP contribution in [0.4, 0.5) is 0 Å². The van der Waals surface area contributed by atoms with Crippen molar-refractivity contribution in [3.8, 4) is 22.6 Å². The highest BCUT2D eigenvalue weighted by Crippen LogP contribution is 2.33. The van der Waals surface area contributed by atoms with Gasteiger partial charge >= 0.3 is 0 Å². The summed E-state index contributed by atoms with van der Waals surface area (Å²) in [5.74, 6) is 0.592. The molecule has 1 heterocycles. The Morgan fingerprint density at radius 3 is 2.47 bits per heavy atom. The molecular weight excluding hydrogens is 326 g/mol. The van der Waals surface area contributed by atoms with E-state index in [-0.39, 0.29) is 0 Å². The maximum atomic E-state index is 6.10. The molecule has 4 heteroatoms. The van der Waals surface area contributed by atoms with Crippen molar-refractivity contribution in [1.29, 1.82) is 0 Å². The van der Waals surface area contributed by atoms with Crippen LogP contribution >= 0.6 is 27.5 Å². The van der Waals surface area contributed by atoms with E-state index in [2.05, 4.69) is 20.9 Å². The summed E-state index contributed by atoms with van der Waals surface area (Å²) < 4.78 is 6.42. The van der Waals surface area contributed by atoms with Gasteiger partial charge in [-0.3, -0.25) is 0 Å². The van der Waals surface area contributed by atoms with Gasteiger partial charge in [0.2, 0.25) is 5.89 Å². The van der Waals surface area contributed by atoms with Crippen molar-refractivity contribution in [2.24, 2.45) is 0 Å². The average molecular weight is 335 g/mol. The standard InChI is InChI=1S/C15H9BrClNO/c16-11-3-1-10(2-4-11)14-9-12(17)5-6-13(14)15-18-7-8-19-15/h1-9H. The third-order valence-electron chi connectivity index (χ3n) is 2.80. The van der Waals surface area contributed by atoms with E-state index in [1.54, 1.807) is 12.5 Å². The summed E-state index contributed by atoms with van der Waals surface area (Å²) in [7, 11) is 0. The van der Waals surface area contributed by atoms with Gasteiger partial charge in [-0.2, -0.15) is 0 Å². The molecule has 0 fully saturated rings. The molecule has 3 aromatic rings. The normalized spacial score (nSPS) is 10.6. The molecule has 0 radical (unpaired) electrons. The zero-order valence-corrected chi connectivity index (χ0v) is 12.1. The van der Waals surface area contributed by atoms with Crippen molar-refractivity contribution in [2.75, 3.05) is 0 Å². The van der Waals surface area contributed by atoms with Gasteiger partial charge in [-0.05, 0) is 41.5 Å². The highest BCUT2D eigenvalue weighted by molar-refractivity contribution is 9.10. The Kier molecular flexibility index (Phi) is 3.40. The Bertz CT molecular complexity index is 693. The number of aromatic nitrogens is 1. The molecule has 0 spiro atoms. The predicted molar refractivity (Wildman–Crippen MR) is 80.1 cm³/mol. The fraction of sp³-hybridized carbons (Fsp3) is 0. The smallest absolute Gasteiger partial charge is 0.226 e. The molecule has 19 heavy (non-hydrogen) atoms. The average Bonchev–Trinajstić information content (AvgIpc) is 2.93. The van der Waals surface area contributed by atoms with E-state index in [1.165, 1.54) is 0 Å². The topological polar surface area (TPSA) is 26.0 Å². The zero-order chi connectivity index (χ0) is 13.2. The first kappa shape index (κ1) is 12.5. The molecule has 0 unspecified atom stereocenters. The molecule has 0 saturated carbocycles. The summed E-state index contributed by atoms with van der Waals surface area (Å²) >= 11 is 9.53. The van der Waals surface area contributed by atoms with Crippen molar-refractivity contribution >= 4 is 27.5 Å². The monoisotopic (exact) mass is 333 g/mol. The van der Waals surface area contributed by atoms with Gasteiger partial charge in [-0.1, -0.05) is 39.7 Å². The van der Waals surface area contributed by atoms with Crippen LogP contribution in [0.25, 0.3) is 22.6 Å².